The largest absolute Gasteiger partial charge is 0.326 e. The first kappa shape index (κ1) is 12.3. The standard InChI is InChI=1S/C13H19N3S/c1-8-5-12(11(4)17-8)10(3)16-7-15-6-13(16)9(2)14/h5-7,9-10H,14H2,1-4H3. The van der Waals surface area contributed by atoms with E-state index in [0.29, 0.717) is 6.04 Å². The quantitative estimate of drug-likeness (QED) is 0.908. The van der Waals surface area contributed by atoms with Gasteiger partial charge < -0.3 is 10.3 Å². The molecule has 2 aromatic rings. The fourth-order valence-electron chi connectivity index (χ4n) is 2.21. The van der Waals surface area contributed by atoms with E-state index in [4.69, 9.17) is 5.73 Å². The molecule has 0 fully saturated rings. The van der Waals surface area contributed by atoms with Crippen molar-refractivity contribution in [2.75, 3.05) is 0 Å². The van der Waals surface area contributed by atoms with Gasteiger partial charge in [-0.15, -0.1) is 11.3 Å². The first-order valence-corrected chi connectivity index (χ1v) is 6.66. The minimum Gasteiger partial charge on any atom is -0.326 e. The monoisotopic (exact) mass is 249 g/mol. The molecule has 2 aromatic heterocycles. The van der Waals surface area contributed by atoms with E-state index in [-0.39, 0.29) is 6.04 Å². The summed E-state index contributed by atoms with van der Waals surface area (Å²) in [5.41, 5.74) is 8.41. The molecule has 2 N–H and O–H groups in total. The molecule has 0 aliphatic heterocycles. The molecular weight excluding hydrogens is 230 g/mol. The average molecular weight is 249 g/mol. The fourth-order valence-corrected chi connectivity index (χ4v) is 3.22. The van der Waals surface area contributed by atoms with E-state index < -0.39 is 0 Å². The number of aryl methyl sites for hydroxylation is 2. The van der Waals surface area contributed by atoms with Crippen molar-refractivity contribution in [3.05, 3.63) is 39.6 Å². The number of thiophene rings is 1. The van der Waals surface area contributed by atoms with Crippen LogP contribution in [0.25, 0.3) is 0 Å². The van der Waals surface area contributed by atoms with Crippen LogP contribution in [0.1, 0.15) is 46.9 Å². The van der Waals surface area contributed by atoms with Gasteiger partial charge in [0.2, 0.25) is 0 Å². The van der Waals surface area contributed by atoms with Gasteiger partial charge in [0.05, 0.1) is 18.1 Å². The van der Waals surface area contributed by atoms with Crippen molar-refractivity contribution in [2.45, 2.75) is 39.8 Å². The predicted molar refractivity (Wildman–Crippen MR) is 72.4 cm³/mol. The highest BCUT2D eigenvalue weighted by Crippen LogP contribution is 2.30. The van der Waals surface area contributed by atoms with Gasteiger partial charge in [-0.1, -0.05) is 0 Å². The van der Waals surface area contributed by atoms with Crippen molar-refractivity contribution in [1.29, 1.82) is 0 Å². The third-order valence-corrected chi connectivity index (χ3v) is 4.09. The van der Waals surface area contributed by atoms with Crippen LogP contribution >= 0.6 is 11.3 Å². The van der Waals surface area contributed by atoms with E-state index >= 15 is 0 Å². The lowest BCUT2D eigenvalue weighted by atomic mass is 10.1. The molecule has 0 amide bonds. The Kier molecular flexibility index (Phi) is 3.35. The van der Waals surface area contributed by atoms with Crippen molar-refractivity contribution in [3.8, 4) is 0 Å². The minimum atomic E-state index is 0.0139. The number of aromatic nitrogens is 2. The van der Waals surface area contributed by atoms with E-state index in [2.05, 4.69) is 36.4 Å². The Morgan fingerprint density at radius 1 is 1.35 bits per heavy atom. The van der Waals surface area contributed by atoms with E-state index in [9.17, 15) is 0 Å². The number of hydrogen-bond acceptors (Lipinski definition) is 3. The maximum Gasteiger partial charge on any atom is 0.0954 e. The Morgan fingerprint density at radius 3 is 2.59 bits per heavy atom. The van der Waals surface area contributed by atoms with Crippen molar-refractivity contribution >= 4 is 11.3 Å². The van der Waals surface area contributed by atoms with Gasteiger partial charge in [0, 0.05) is 22.0 Å². The number of rotatable bonds is 3. The summed E-state index contributed by atoms with van der Waals surface area (Å²) < 4.78 is 2.17. The normalized spacial score (nSPS) is 14.9. The highest BCUT2D eigenvalue weighted by molar-refractivity contribution is 7.12. The molecule has 0 saturated carbocycles. The summed E-state index contributed by atoms with van der Waals surface area (Å²) in [6, 6.07) is 2.57. The van der Waals surface area contributed by atoms with Crippen molar-refractivity contribution in [2.24, 2.45) is 5.73 Å². The van der Waals surface area contributed by atoms with Crippen molar-refractivity contribution < 1.29 is 0 Å². The van der Waals surface area contributed by atoms with Crippen LogP contribution in [-0.2, 0) is 0 Å². The van der Waals surface area contributed by atoms with Crippen LogP contribution in [0, 0.1) is 13.8 Å². The molecule has 3 nitrogen and oxygen atoms in total. The number of nitrogens with zero attached hydrogens (tertiary/aromatic N) is 2. The summed E-state index contributed by atoms with van der Waals surface area (Å²) in [5, 5.41) is 0. The zero-order valence-electron chi connectivity index (χ0n) is 10.8. The van der Waals surface area contributed by atoms with Gasteiger partial charge in [-0.3, -0.25) is 0 Å². The van der Waals surface area contributed by atoms with Gasteiger partial charge in [-0.2, -0.15) is 0 Å². The molecule has 0 aliphatic rings. The SMILES string of the molecule is Cc1cc(C(C)n2cncc2C(C)N)c(C)s1. The topological polar surface area (TPSA) is 43.8 Å². The van der Waals surface area contributed by atoms with E-state index in [1.54, 1.807) is 0 Å². The lowest BCUT2D eigenvalue weighted by Crippen LogP contribution is -2.15. The Balaban J connectivity index is 2.40. The van der Waals surface area contributed by atoms with E-state index in [1.807, 2.05) is 30.8 Å². The summed E-state index contributed by atoms with van der Waals surface area (Å²) in [5.74, 6) is 0. The third-order valence-electron chi connectivity index (χ3n) is 3.11. The zero-order valence-corrected chi connectivity index (χ0v) is 11.6. The van der Waals surface area contributed by atoms with E-state index in [0.717, 1.165) is 5.69 Å². The van der Waals surface area contributed by atoms with Gasteiger partial charge >= 0.3 is 0 Å². The van der Waals surface area contributed by atoms with Crippen LogP contribution in [0.3, 0.4) is 0 Å². The number of imidazole rings is 1. The molecule has 2 heterocycles. The molecule has 92 valence electrons. The van der Waals surface area contributed by atoms with Crippen LogP contribution in [0.2, 0.25) is 0 Å². The van der Waals surface area contributed by atoms with Crippen LogP contribution < -0.4 is 5.73 Å². The molecule has 0 aliphatic carbocycles. The second-order valence-corrected chi connectivity index (χ2v) is 6.02. The molecule has 2 rings (SSSR count). The molecule has 0 aromatic carbocycles. The van der Waals surface area contributed by atoms with Crippen LogP contribution in [0.5, 0.6) is 0 Å². The Bertz CT molecular complexity index is 510. The van der Waals surface area contributed by atoms with E-state index in [1.165, 1.54) is 15.3 Å². The lowest BCUT2D eigenvalue weighted by molar-refractivity contribution is 0.581. The summed E-state index contributed by atoms with van der Waals surface area (Å²) in [7, 11) is 0. The fraction of sp³-hybridized carbons (Fsp3) is 0.462. The summed E-state index contributed by atoms with van der Waals surface area (Å²) >= 11 is 1.84. The molecule has 2 unspecified atom stereocenters. The number of hydrogen-bond donors (Lipinski definition) is 1. The van der Waals surface area contributed by atoms with Gasteiger partial charge in [-0.05, 0) is 39.3 Å². The maximum absolute atomic E-state index is 5.96. The predicted octanol–water partition coefficient (Wildman–Crippen LogP) is 3.19. The summed E-state index contributed by atoms with van der Waals surface area (Å²) in [6.07, 6.45) is 3.73. The van der Waals surface area contributed by atoms with Crippen molar-refractivity contribution in [3.63, 3.8) is 0 Å². The zero-order chi connectivity index (χ0) is 12.6. The first-order valence-electron chi connectivity index (χ1n) is 5.85. The first-order chi connectivity index (χ1) is 8.00. The molecule has 2 atom stereocenters. The number of nitrogens with two attached hydrogens (primary N) is 1. The van der Waals surface area contributed by atoms with Crippen LogP contribution in [0.15, 0.2) is 18.6 Å². The van der Waals surface area contributed by atoms with Crippen LogP contribution in [-0.4, -0.2) is 9.55 Å². The molecule has 0 bridgehead atoms. The Labute approximate surface area is 106 Å². The molecule has 17 heavy (non-hydrogen) atoms. The molecule has 0 saturated heterocycles. The lowest BCUT2D eigenvalue weighted by Gasteiger charge is -2.18. The Hall–Kier alpha value is -1.13. The summed E-state index contributed by atoms with van der Waals surface area (Å²) in [6.45, 7) is 8.51. The third kappa shape index (κ3) is 2.28. The second-order valence-electron chi connectivity index (χ2n) is 4.56. The molecular formula is C13H19N3S. The summed E-state index contributed by atoms with van der Waals surface area (Å²) in [4.78, 5) is 6.94. The Morgan fingerprint density at radius 2 is 2.06 bits per heavy atom. The minimum absolute atomic E-state index is 0.0139. The average Bonchev–Trinajstić information content (AvgIpc) is 2.83. The van der Waals surface area contributed by atoms with Crippen LogP contribution in [0.4, 0.5) is 0 Å². The van der Waals surface area contributed by atoms with Gasteiger partial charge in [-0.25, -0.2) is 4.98 Å². The maximum atomic E-state index is 5.96. The smallest absolute Gasteiger partial charge is 0.0954 e. The van der Waals surface area contributed by atoms with Gasteiger partial charge in [0.1, 0.15) is 0 Å². The molecule has 0 radical (unpaired) electrons. The van der Waals surface area contributed by atoms with Crippen molar-refractivity contribution in [1.82, 2.24) is 9.55 Å². The second kappa shape index (κ2) is 4.63. The molecule has 4 heteroatoms. The highest BCUT2D eigenvalue weighted by atomic mass is 32.1. The van der Waals surface area contributed by atoms with Gasteiger partial charge in [0.15, 0.2) is 0 Å². The van der Waals surface area contributed by atoms with Gasteiger partial charge in [0.25, 0.3) is 0 Å². The highest BCUT2D eigenvalue weighted by Gasteiger charge is 2.16. The molecule has 0 spiro atoms.